The molecule has 72 valence electrons. The molecule has 1 heterocycles. The maximum Gasteiger partial charge on any atom is 0.310 e. The molecule has 0 atom stereocenters. The molecule has 0 bridgehead atoms. The van der Waals surface area contributed by atoms with Crippen molar-refractivity contribution in [1.29, 1.82) is 0 Å². The predicted molar refractivity (Wildman–Crippen MR) is 48.6 cm³/mol. The zero-order valence-corrected chi connectivity index (χ0v) is 8.02. The molecule has 0 aliphatic carbocycles. The highest BCUT2D eigenvalue weighted by molar-refractivity contribution is 5.35. The number of aromatic nitrogens is 2. The van der Waals surface area contributed by atoms with Gasteiger partial charge in [-0.1, -0.05) is 13.8 Å². The van der Waals surface area contributed by atoms with E-state index >= 15 is 0 Å². The average molecular weight is 183 g/mol. The molecule has 5 heteroatoms. The van der Waals surface area contributed by atoms with Crippen LogP contribution in [0.25, 0.3) is 0 Å². The van der Waals surface area contributed by atoms with Crippen molar-refractivity contribution in [2.75, 3.05) is 0 Å². The maximum atomic E-state index is 10.6. The summed E-state index contributed by atoms with van der Waals surface area (Å²) in [5, 5.41) is 14.6. The van der Waals surface area contributed by atoms with E-state index in [1.165, 1.54) is 6.20 Å². The molecule has 0 spiro atoms. The minimum Gasteiger partial charge on any atom is -0.262 e. The highest BCUT2D eigenvalue weighted by Crippen LogP contribution is 2.25. The molecular weight excluding hydrogens is 170 g/mol. The first-order chi connectivity index (χ1) is 6.07. The molecule has 0 fully saturated rings. The van der Waals surface area contributed by atoms with Crippen molar-refractivity contribution in [2.24, 2.45) is 0 Å². The van der Waals surface area contributed by atoms with Gasteiger partial charge in [0.2, 0.25) is 0 Å². The van der Waals surface area contributed by atoms with Gasteiger partial charge in [0.1, 0.15) is 11.9 Å². The lowest BCUT2D eigenvalue weighted by molar-refractivity contribution is -0.385. The monoisotopic (exact) mass is 183 g/mol. The topological polar surface area (TPSA) is 61.0 Å². The van der Waals surface area contributed by atoms with Gasteiger partial charge in [-0.05, 0) is 6.92 Å². The van der Waals surface area contributed by atoms with Crippen LogP contribution in [0.2, 0.25) is 0 Å². The Kier molecular flexibility index (Phi) is 2.65. The van der Waals surface area contributed by atoms with E-state index in [-0.39, 0.29) is 16.5 Å². The summed E-state index contributed by atoms with van der Waals surface area (Å²) in [6.45, 7) is 6.44. The molecule has 0 N–H and O–H groups in total. The van der Waals surface area contributed by atoms with Crippen LogP contribution in [0.5, 0.6) is 0 Å². The zero-order chi connectivity index (χ0) is 10.0. The fraction of sp³-hybridized carbons (Fsp3) is 0.625. The summed E-state index contributed by atoms with van der Waals surface area (Å²) in [6, 6.07) is 0. The van der Waals surface area contributed by atoms with Gasteiger partial charge in [0.05, 0.1) is 4.92 Å². The first-order valence-corrected chi connectivity index (χ1v) is 4.28. The van der Waals surface area contributed by atoms with Crippen molar-refractivity contribution in [3.8, 4) is 0 Å². The fourth-order valence-electron chi connectivity index (χ4n) is 1.37. The molecule has 1 aromatic heterocycles. The second-order valence-electron chi connectivity index (χ2n) is 3.14. The van der Waals surface area contributed by atoms with Crippen LogP contribution >= 0.6 is 0 Å². The molecule has 0 aromatic carbocycles. The van der Waals surface area contributed by atoms with Crippen LogP contribution in [0.1, 0.15) is 32.4 Å². The van der Waals surface area contributed by atoms with Crippen LogP contribution < -0.4 is 0 Å². The molecule has 13 heavy (non-hydrogen) atoms. The van der Waals surface area contributed by atoms with Gasteiger partial charge < -0.3 is 0 Å². The zero-order valence-electron chi connectivity index (χ0n) is 8.02. The largest absolute Gasteiger partial charge is 0.310 e. The first kappa shape index (κ1) is 9.70. The Labute approximate surface area is 76.5 Å². The van der Waals surface area contributed by atoms with Gasteiger partial charge >= 0.3 is 5.69 Å². The number of rotatable bonds is 3. The van der Waals surface area contributed by atoms with E-state index in [0.717, 1.165) is 0 Å². The van der Waals surface area contributed by atoms with E-state index in [4.69, 9.17) is 0 Å². The SMILES string of the molecule is CCn1ncc([N+](=O)[O-])c1C(C)C. The van der Waals surface area contributed by atoms with Crippen LogP contribution in [0.4, 0.5) is 5.69 Å². The summed E-state index contributed by atoms with van der Waals surface area (Å²) in [4.78, 5) is 10.2. The van der Waals surface area contributed by atoms with Crippen LogP contribution in [0, 0.1) is 10.1 Å². The first-order valence-electron chi connectivity index (χ1n) is 4.28. The van der Waals surface area contributed by atoms with E-state index in [2.05, 4.69) is 5.10 Å². The summed E-state index contributed by atoms with van der Waals surface area (Å²) in [7, 11) is 0. The number of nitrogens with zero attached hydrogens (tertiary/aromatic N) is 3. The molecule has 0 radical (unpaired) electrons. The lowest BCUT2D eigenvalue weighted by Gasteiger charge is -2.06. The minimum absolute atomic E-state index is 0.122. The smallest absolute Gasteiger partial charge is 0.262 e. The molecule has 1 rings (SSSR count). The van der Waals surface area contributed by atoms with Crippen LogP contribution in [-0.2, 0) is 6.54 Å². The van der Waals surface area contributed by atoms with Gasteiger partial charge in [-0.3, -0.25) is 14.8 Å². The van der Waals surface area contributed by atoms with Crippen molar-refractivity contribution in [1.82, 2.24) is 9.78 Å². The van der Waals surface area contributed by atoms with Crippen molar-refractivity contribution in [3.63, 3.8) is 0 Å². The van der Waals surface area contributed by atoms with E-state index in [0.29, 0.717) is 12.2 Å². The summed E-state index contributed by atoms with van der Waals surface area (Å²) < 4.78 is 1.67. The molecule has 0 unspecified atom stereocenters. The second kappa shape index (κ2) is 3.55. The molecule has 0 saturated heterocycles. The molecule has 1 aromatic rings. The normalized spacial score (nSPS) is 10.8. The molecular formula is C8H13N3O2. The van der Waals surface area contributed by atoms with Crippen molar-refractivity contribution >= 4 is 5.69 Å². The minimum atomic E-state index is -0.380. The van der Waals surface area contributed by atoms with E-state index in [1.54, 1.807) is 4.68 Å². The molecule has 0 saturated carbocycles. The van der Waals surface area contributed by atoms with E-state index < -0.39 is 0 Å². The third kappa shape index (κ3) is 1.68. The summed E-state index contributed by atoms with van der Waals surface area (Å²) >= 11 is 0. The summed E-state index contributed by atoms with van der Waals surface area (Å²) in [5.74, 6) is 0.128. The Bertz CT molecular complexity index is 317. The van der Waals surface area contributed by atoms with Crippen LogP contribution in [0.3, 0.4) is 0 Å². The Morgan fingerprint density at radius 3 is 2.69 bits per heavy atom. The highest BCUT2D eigenvalue weighted by atomic mass is 16.6. The average Bonchev–Trinajstić information content (AvgIpc) is 2.46. The summed E-state index contributed by atoms with van der Waals surface area (Å²) in [6.07, 6.45) is 1.32. The van der Waals surface area contributed by atoms with Gasteiger partial charge in [-0.2, -0.15) is 5.10 Å². The van der Waals surface area contributed by atoms with Gasteiger partial charge in [-0.25, -0.2) is 0 Å². The Morgan fingerprint density at radius 1 is 1.69 bits per heavy atom. The summed E-state index contributed by atoms with van der Waals surface area (Å²) in [5.41, 5.74) is 0.823. The van der Waals surface area contributed by atoms with Crippen molar-refractivity contribution in [2.45, 2.75) is 33.2 Å². The molecule has 0 aliphatic heterocycles. The van der Waals surface area contributed by atoms with Crippen LogP contribution in [-0.4, -0.2) is 14.7 Å². The van der Waals surface area contributed by atoms with Crippen LogP contribution in [0.15, 0.2) is 6.20 Å². The fourth-order valence-corrected chi connectivity index (χ4v) is 1.37. The lowest BCUT2D eigenvalue weighted by atomic mass is 10.1. The number of aryl methyl sites for hydroxylation is 1. The number of nitro groups is 1. The standard InChI is InChI=1S/C8H13N3O2/c1-4-10-8(6(2)3)7(5-9-10)11(12)13/h5-6H,4H2,1-3H3. The van der Waals surface area contributed by atoms with E-state index in [1.807, 2.05) is 20.8 Å². The maximum absolute atomic E-state index is 10.6. The van der Waals surface area contributed by atoms with Gasteiger partial charge in [0.25, 0.3) is 0 Å². The third-order valence-corrected chi connectivity index (χ3v) is 1.90. The number of hydrogen-bond donors (Lipinski definition) is 0. The highest BCUT2D eigenvalue weighted by Gasteiger charge is 2.21. The molecule has 0 amide bonds. The van der Waals surface area contributed by atoms with Gasteiger partial charge in [0, 0.05) is 12.5 Å². The predicted octanol–water partition coefficient (Wildman–Crippen LogP) is 1.93. The van der Waals surface area contributed by atoms with Crippen molar-refractivity contribution in [3.05, 3.63) is 22.0 Å². The molecule has 5 nitrogen and oxygen atoms in total. The van der Waals surface area contributed by atoms with Crippen molar-refractivity contribution < 1.29 is 4.92 Å². The Morgan fingerprint density at radius 2 is 2.31 bits per heavy atom. The lowest BCUT2D eigenvalue weighted by Crippen LogP contribution is -2.05. The van der Waals surface area contributed by atoms with Gasteiger partial charge in [0.15, 0.2) is 0 Å². The third-order valence-electron chi connectivity index (χ3n) is 1.90. The Balaban J connectivity index is 3.22. The van der Waals surface area contributed by atoms with Gasteiger partial charge in [-0.15, -0.1) is 0 Å². The Hall–Kier alpha value is -1.39. The van der Waals surface area contributed by atoms with E-state index in [9.17, 15) is 10.1 Å². The number of hydrogen-bond acceptors (Lipinski definition) is 3. The quantitative estimate of drug-likeness (QED) is 0.531. The second-order valence-corrected chi connectivity index (χ2v) is 3.14. The molecule has 0 aliphatic rings.